The molecule has 96 valence electrons. The van der Waals surface area contributed by atoms with Crippen LogP contribution in [-0.4, -0.2) is 34.5 Å². The Hall–Kier alpha value is -1.84. The van der Waals surface area contributed by atoms with Gasteiger partial charge in [-0.25, -0.2) is 4.79 Å². The first-order valence-corrected chi connectivity index (χ1v) is 6.13. The molecule has 1 aromatic rings. The van der Waals surface area contributed by atoms with Crippen molar-refractivity contribution >= 4 is 11.9 Å². The highest BCUT2D eigenvalue weighted by Crippen LogP contribution is 2.24. The number of hydrogen-bond acceptors (Lipinski definition) is 2. The molecule has 1 N–H and O–H groups in total. The van der Waals surface area contributed by atoms with E-state index in [1.165, 1.54) is 12.1 Å². The Labute approximate surface area is 106 Å². The van der Waals surface area contributed by atoms with Gasteiger partial charge in [-0.1, -0.05) is 6.92 Å². The Morgan fingerprint density at radius 3 is 2.17 bits per heavy atom. The molecule has 2 rings (SSSR count). The van der Waals surface area contributed by atoms with E-state index in [4.69, 9.17) is 5.11 Å². The average molecular weight is 247 g/mol. The molecule has 4 nitrogen and oxygen atoms in total. The molecule has 2 unspecified atom stereocenters. The zero-order chi connectivity index (χ0) is 13.3. The minimum Gasteiger partial charge on any atom is -0.478 e. The lowest BCUT2D eigenvalue weighted by Gasteiger charge is -2.21. The SMILES string of the molecule is CC1CC(C)N(C(=O)c2ccc(C(=O)O)cc2)C1. The molecule has 4 heteroatoms. The Balaban J connectivity index is 2.16. The first-order chi connectivity index (χ1) is 8.49. The van der Waals surface area contributed by atoms with Crippen molar-refractivity contribution in [3.63, 3.8) is 0 Å². The number of likely N-dealkylation sites (tertiary alicyclic amines) is 1. The van der Waals surface area contributed by atoms with Crippen LogP contribution < -0.4 is 0 Å². The van der Waals surface area contributed by atoms with E-state index in [-0.39, 0.29) is 17.5 Å². The second-order valence-electron chi connectivity index (χ2n) is 5.03. The van der Waals surface area contributed by atoms with Crippen LogP contribution in [0, 0.1) is 5.92 Å². The topological polar surface area (TPSA) is 57.6 Å². The minimum absolute atomic E-state index is 0.0104. The maximum absolute atomic E-state index is 12.3. The van der Waals surface area contributed by atoms with Gasteiger partial charge in [-0.05, 0) is 43.5 Å². The third-order valence-electron chi connectivity index (χ3n) is 3.42. The first kappa shape index (κ1) is 12.6. The molecule has 1 saturated heterocycles. The van der Waals surface area contributed by atoms with E-state index >= 15 is 0 Å². The summed E-state index contributed by atoms with van der Waals surface area (Å²) in [5.74, 6) is -0.455. The molecule has 18 heavy (non-hydrogen) atoms. The van der Waals surface area contributed by atoms with Gasteiger partial charge in [0.25, 0.3) is 5.91 Å². The van der Waals surface area contributed by atoms with Crippen molar-refractivity contribution in [1.82, 2.24) is 4.90 Å². The number of rotatable bonds is 2. The van der Waals surface area contributed by atoms with Crippen LogP contribution in [0.4, 0.5) is 0 Å². The fraction of sp³-hybridized carbons (Fsp3) is 0.429. The van der Waals surface area contributed by atoms with E-state index in [0.717, 1.165) is 13.0 Å². The summed E-state index contributed by atoms with van der Waals surface area (Å²) in [7, 11) is 0. The van der Waals surface area contributed by atoms with Gasteiger partial charge in [0.15, 0.2) is 0 Å². The van der Waals surface area contributed by atoms with Crippen LogP contribution >= 0.6 is 0 Å². The molecule has 1 heterocycles. The maximum Gasteiger partial charge on any atom is 0.335 e. The van der Waals surface area contributed by atoms with Crippen molar-refractivity contribution in [1.29, 1.82) is 0 Å². The highest BCUT2D eigenvalue weighted by molar-refractivity contribution is 5.96. The van der Waals surface area contributed by atoms with Gasteiger partial charge in [0.05, 0.1) is 5.56 Å². The van der Waals surface area contributed by atoms with Crippen LogP contribution in [-0.2, 0) is 0 Å². The van der Waals surface area contributed by atoms with E-state index in [1.807, 2.05) is 11.8 Å². The molecule has 0 bridgehead atoms. The lowest BCUT2D eigenvalue weighted by atomic mass is 10.1. The van der Waals surface area contributed by atoms with Crippen molar-refractivity contribution in [2.45, 2.75) is 26.3 Å². The number of carboxylic acids is 1. The molecule has 1 aromatic carbocycles. The third kappa shape index (κ3) is 2.37. The summed E-state index contributed by atoms with van der Waals surface area (Å²) < 4.78 is 0. The van der Waals surface area contributed by atoms with Crippen LogP contribution in [0.25, 0.3) is 0 Å². The summed E-state index contributed by atoms with van der Waals surface area (Å²) in [5.41, 5.74) is 0.760. The van der Waals surface area contributed by atoms with E-state index in [0.29, 0.717) is 11.5 Å². The van der Waals surface area contributed by atoms with Crippen LogP contribution in [0.1, 0.15) is 41.0 Å². The molecule has 0 spiro atoms. The largest absolute Gasteiger partial charge is 0.478 e. The fourth-order valence-corrected chi connectivity index (χ4v) is 2.50. The van der Waals surface area contributed by atoms with Gasteiger partial charge in [-0.3, -0.25) is 4.79 Å². The van der Waals surface area contributed by atoms with Crippen molar-refractivity contribution in [3.8, 4) is 0 Å². The molecule has 0 saturated carbocycles. The van der Waals surface area contributed by atoms with Gasteiger partial charge in [0, 0.05) is 18.2 Å². The summed E-state index contributed by atoms with van der Waals surface area (Å²) in [6, 6.07) is 6.37. The number of carbonyl (C=O) groups is 2. The second-order valence-corrected chi connectivity index (χ2v) is 5.03. The van der Waals surface area contributed by atoms with Crippen molar-refractivity contribution in [2.75, 3.05) is 6.54 Å². The number of hydrogen-bond donors (Lipinski definition) is 1. The van der Waals surface area contributed by atoms with Gasteiger partial charge in [0.2, 0.25) is 0 Å². The van der Waals surface area contributed by atoms with Crippen LogP contribution in [0.3, 0.4) is 0 Å². The zero-order valence-electron chi connectivity index (χ0n) is 10.6. The smallest absolute Gasteiger partial charge is 0.335 e. The molecular formula is C14H17NO3. The van der Waals surface area contributed by atoms with Gasteiger partial charge in [-0.2, -0.15) is 0 Å². The molecule has 0 aromatic heterocycles. The van der Waals surface area contributed by atoms with Gasteiger partial charge in [0.1, 0.15) is 0 Å². The molecule has 1 aliphatic rings. The van der Waals surface area contributed by atoms with Crippen LogP contribution in [0.2, 0.25) is 0 Å². The maximum atomic E-state index is 12.3. The monoisotopic (exact) mass is 247 g/mol. The number of nitrogens with zero attached hydrogens (tertiary/aromatic N) is 1. The summed E-state index contributed by atoms with van der Waals surface area (Å²) in [6.45, 7) is 4.96. The summed E-state index contributed by atoms with van der Waals surface area (Å²) in [4.78, 5) is 24.9. The molecule has 1 amide bonds. The molecule has 1 fully saturated rings. The fourth-order valence-electron chi connectivity index (χ4n) is 2.50. The highest BCUT2D eigenvalue weighted by atomic mass is 16.4. The number of benzene rings is 1. The number of carboxylic acid groups (broad SMARTS) is 1. The van der Waals surface area contributed by atoms with E-state index in [2.05, 4.69) is 6.92 Å². The number of aromatic carboxylic acids is 1. The summed E-state index contributed by atoms with van der Waals surface area (Å²) in [5, 5.41) is 8.81. The third-order valence-corrected chi connectivity index (χ3v) is 3.42. The lowest BCUT2D eigenvalue weighted by Crippen LogP contribution is -2.33. The molecule has 1 aliphatic heterocycles. The summed E-state index contributed by atoms with van der Waals surface area (Å²) >= 11 is 0. The molecular weight excluding hydrogens is 230 g/mol. The van der Waals surface area contributed by atoms with Crippen molar-refractivity contribution in [3.05, 3.63) is 35.4 Å². The Kier molecular flexibility index (Phi) is 3.36. The Morgan fingerprint density at radius 1 is 1.17 bits per heavy atom. The summed E-state index contributed by atoms with van der Waals surface area (Å²) in [6.07, 6.45) is 1.03. The molecule has 0 radical (unpaired) electrons. The predicted molar refractivity (Wildman–Crippen MR) is 67.7 cm³/mol. The standard InChI is InChI=1S/C14H17NO3/c1-9-7-10(2)15(8-9)13(16)11-3-5-12(6-4-11)14(17)18/h3-6,9-10H,7-8H2,1-2H3,(H,17,18). The predicted octanol–water partition coefficient (Wildman–Crippen LogP) is 2.26. The quantitative estimate of drug-likeness (QED) is 0.872. The average Bonchev–Trinajstić information content (AvgIpc) is 2.67. The minimum atomic E-state index is -0.975. The Morgan fingerprint density at radius 2 is 1.72 bits per heavy atom. The van der Waals surface area contributed by atoms with Crippen LogP contribution in [0.15, 0.2) is 24.3 Å². The first-order valence-electron chi connectivity index (χ1n) is 6.13. The molecule has 2 atom stereocenters. The van der Waals surface area contributed by atoms with E-state index in [1.54, 1.807) is 12.1 Å². The normalized spacial score (nSPS) is 23.1. The van der Waals surface area contributed by atoms with Crippen molar-refractivity contribution in [2.24, 2.45) is 5.92 Å². The molecule has 0 aliphatic carbocycles. The van der Waals surface area contributed by atoms with Gasteiger partial charge >= 0.3 is 5.97 Å². The van der Waals surface area contributed by atoms with Crippen molar-refractivity contribution < 1.29 is 14.7 Å². The zero-order valence-corrected chi connectivity index (χ0v) is 10.6. The highest BCUT2D eigenvalue weighted by Gasteiger charge is 2.30. The van der Waals surface area contributed by atoms with E-state index in [9.17, 15) is 9.59 Å². The van der Waals surface area contributed by atoms with E-state index < -0.39 is 5.97 Å². The van der Waals surface area contributed by atoms with Gasteiger partial charge < -0.3 is 10.0 Å². The number of carbonyl (C=O) groups excluding carboxylic acids is 1. The Bertz CT molecular complexity index is 466. The second kappa shape index (κ2) is 4.80. The number of amides is 1. The van der Waals surface area contributed by atoms with Gasteiger partial charge in [-0.15, -0.1) is 0 Å². The van der Waals surface area contributed by atoms with Crippen LogP contribution in [0.5, 0.6) is 0 Å². The lowest BCUT2D eigenvalue weighted by molar-refractivity contribution is 0.0693.